The van der Waals surface area contributed by atoms with Gasteiger partial charge in [0, 0.05) is 17.3 Å². The number of hydrogen-bond acceptors (Lipinski definition) is 4. The molecule has 22 heavy (non-hydrogen) atoms. The molecule has 0 N–H and O–H groups in total. The van der Waals surface area contributed by atoms with Crippen LogP contribution in [0.15, 0.2) is 36.8 Å². The van der Waals surface area contributed by atoms with Gasteiger partial charge in [-0.1, -0.05) is 0 Å². The van der Waals surface area contributed by atoms with Crippen molar-refractivity contribution in [1.29, 1.82) is 5.26 Å². The van der Waals surface area contributed by atoms with E-state index in [1.807, 2.05) is 6.92 Å². The normalized spacial score (nSPS) is 10.0. The van der Waals surface area contributed by atoms with E-state index in [1.165, 1.54) is 18.5 Å². The van der Waals surface area contributed by atoms with Crippen LogP contribution in [0.25, 0.3) is 16.6 Å². The SMILES string of the molecule is CCOc1cc(-c2ccc(F)nc2)c2c(C#N)cnn2c1.Cl. The molecule has 3 aromatic heterocycles. The Balaban J connectivity index is 0.00000176. The second kappa shape index (κ2) is 6.41. The predicted octanol–water partition coefficient (Wildman–Crippen LogP) is 3.23. The van der Waals surface area contributed by atoms with Crippen LogP contribution in [0.2, 0.25) is 0 Å². The molecule has 0 aliphatic carbocycles. The summed E-state index contributed by atoms with van der Waals surface area (Å²) in [6.07, 6.45) is 4.63. The maximum Gasteiger partial charge on any atom is 0.212 e. The van der Waals surface area contributed by atoms with Crippen molar-refractivity contribution in [2.45, 2.75) is 6.92 Å². The molecular weight excluding hydrogens is 307 g/mol. The van der Waals surface area contributed by atoms with E-state index in [2.05, 4.69) is 16.2 Å². The van der Waals surface area contributed by atoms with Gasteiger partial charge in [0.15, 0.2) is 0 Å². The van der Waals surface area contributed by atoms with Gasteiger partial charge < -0.3 is 4.74 Å². The Bertz CT molecular complexity index is 839. The maximum absolute atomic E-state index is 13.0. The van der Waals surface area contributed by atoms with Crippen molar-refractivity contribution in [3.63, 3.8) is 0 Å². The van der Waals surface area contributed by atoms with Crippen molar-refractivity contribution in [1.82, 2.24) is 14.6 Å². The van der Waals surface area contributed by atoms with Gasteiger partial charge in [-0.3, -0.25) is 0 Å². The van der Waals surface area contributed by atoms with E-state index in [4.69, 9.17) is 4.74 Å². The molecule has 0 aliphatic rings. The van der Waals surface area contributed by atoms with E-state index in [-0.39, 0.29) is 12.4 Å². The molecule has 0 spiro atoms. The number of ether oxygens (including phenoxy) is 1. The average molecular weight is 319 g/mol. The number of halogens is 2. The molecule has 0 unspecified atom stereocenters. The summed E-state index contributed by atoms with van der Waals surface area (Å²) in [5.41, 5.74) is 2.51. The zero-order valence-corrected chi connectivity index (χ0v) is 12.5. The molecule has 3 heterocycles. The average Bonchev–Trinajstić information content (AvgIpc) is 2.91. The largest absolute Gasteiger partial charge is 0.492 e. The predicted molar refractivity (Wildman–Crippen MR) is 81.5 cm³/mol. The zero-order valence-electron chi connectivity index (χ0n) is 11.7. The van der Waals surface area contributed by atoms with Crippen LogP contribution in [0.1, 0.15) is 12.5 Å². The Labute approximate surface area is 132 Å². The number of pyridine rings is 2. The molecule has 0 aliphatic heterocycles. The van der Waals surface area contributed by atoms with E-state index < -0.39 is 5.95 Å². The van der Waals surface area contributed by atoms with Crippen molar-refractivity contribution in [2.24, 2.45) is 0 Å². The summed E-state index contributed by atoms with van der Waals surface area (Å²) in [7, 11) is 0. The third-order valence-corrected chi connectivity index (χ3v) is 3.06. The van der Waals surface area contributed by atoms with Crippen LogP contribution in [-0.2, 0) is 0 Å². The van der Waals surface area contributed by atoms with E-state index >= 15 is 0 Å². The Morgan fingerprint density at radius 2 is 2.18 bits per heavy atom. The smallest absolute Gasteiger partial charge is 0.212 e. The Morgan fingerprint density at radius 1 is 1.36 bits per heavy atom. The molecule has 0 amide bonds. The number of fused-ring (bicyclic) bond motifs is 1. The van der Waals surface area contributed by atoms with E-state index in [1.54, 1.807) is 22.8 Å². The van der Waals surface area contributed by atoms with E-state index in [0.29, 0.717) is 29.0 Å². The summed E-state index contributed by atoms with van der Waals surface area (Å²) in [5.74, 6) is 0.0710. The molecule has 0 bridgehead atoms. The summed E-state index contributed by atoms with van der Waals surface area (Å²) in [6, 6.07) is 6.80. The van der Waals surface area contributed by atoms with Gasteiger partial charge in [0.05, 0.1) is 30.1 Å². The first-order valence-corrected chi connectivity index (χ1v) is 6.39. The molecule has 0 atom stereocenters. The topological polar surface area (TPSA) is 63.2 Å². The Hall–Kier alpha value is -2.65. The minimum atomic E-state index is -0.551. The van der Waals surface area contributed by atoms with Gasteiger partial charge in [0.2, 0.25) is 5.95 Å². The monoisotopic (exact) mass is 318 g/mol. The lowest BCUT2D eigenvalue weighted by Gasteiger charge is -2.09. The summed E-state index contributed by atoms with van der Waals surface area (Å²) >= 11 is 0. The van der Waals surface area contributed by atoms with Crippen LogP contribution in [0.5, 0.6) is 5.75 Å². The van der Waals surface area contributed by atoms with Gasteiger partial charge in [0.1, 0.15) is 11.8 Å². The summed E-state index contributed by atoms with van der Waals surface area (Å²) in [6.45, 7) is 2.39. The fraction of sp³-hybridized carbons (Fsp3) is 0.133. The first-order valence-electron chi connectivity index (χ1n) is 6.39. The maximum atomic E-state index is 13.0. The lowest BCUT2D eigenvalue weighted by atomic mass is 10.1. The van der Waals surface area contributed by atoms with Crippen LogP contribution < -0.4 is 4.74 Å². The number of hydrogen-bond donors (Lipinski definition) is 0. The fourth-order valence-electron chi connectivity index (χ4n) is 2.18. The minimum Gasteiger partial charge on any atom is -0.492 e. The quantitative estimate of drug-likeness (QED) is 0.696. The highest BCUT2D eigenvalue weighted by Crippen LogP contribution is 2.30. The van der Waals surface area contributed by atoms with Crippen molar-refractivity contribution >= 4 is 17.9 Å². The molecule has 0 aromatic carbocycles. The lowest BCUT2D eigenvalue weighted by Crippen LogP contribution is -1.97. The molecule has 5 nitrogen and oxygen atoms in total. The van der Waals surface area contributed by atoms with Crippen molar-refractivity contribution < 1.29 is 9.13 Å². The number of nitriles is 1. The summed E-state index contributed by atoms with van der Waals surface area (Å²) < 4.78 is 20.1. The van der Waals surface area contributed by atoms with Gasteiger partial charge >= 0.3 is 0 Å². The van der Waals surface area contributed by atoms with Gasteiger partial charge in [-0.05, 0) is 25.1 Å². The highest BCUT2D eigenvalue weighted by molar-refractivity contribution is 5.85. The summed E-state index contributed by atoms with van der Waals surface area (Å²) in [5, 5.41) is 13.4. The van der Waals surface area contributed by atoms with Gasteiger partial charge in [-0.2, -0.15) is 14.8 Å². The highest BCUT2D eigenvalue weighted by Gasteiger charge is 2.13. The third kappa shape index (κ3) is 2.71. The fourth-order valence-corrected chi connectivity index (χ4v) is 2.18. The zero-order chi connectivity index (χ0) is 14.8. The summed E-state index contributed by atoms with van der Waals surface area (Å²) in [4.78, 5) is 3.66. The number of aromatic nitrogens is 3. The first kappa shape index (κ1) is 15.7. The van der Waals surface area contributed by atoms with Gasteiger partial charge in [-0.25, -0.2) is 9.50 Å². The van der Waals surface area contributed by atoms with Gasteiger partial charge in [-0.15, -0.1) is 12.4 Å². The third-order valence-electron chi connectivity index (χ3n) is 3.06. The molecule has 7 heteroatoms. The van der Waals surface area contributed by atoms with E-state index in [0.717, 1.165) is 5.56 Å². The van der Waals surface area contributed by atoms with Crippen LogP contribution >= 0.6 is 12.4 Å². The van der Waals surface area contributed by atoms with Crippen molar-refractivity contribution in [3.8, 4) is 22.9 Å². The van der Waals surface area contributed by atoms with Gasteiger partial charge in [0.25, 0.3) is 0 Å². The van der Waals surface area contributed by atoms with Crippen LogP contribution in [0.3, 0.4) is 0 Å². The molecule has 0 fully saturated rings. The molecule has 0 radical (unpaired) electrons. The van der Waals surface area contributed by atoms with Crippen molar-refractivity contribution in [3.05, 3.63) is 48.3 Å². The molecule has 3 aromatic rings. The van der Waals surface area contributed by atoms with E-state index in [9.17, 15) is 9.65 Å². The van der Waals surface area contributed by atoms with Crippen LogP contribution in [0, 0.1) is 17.3 Å². The standard InChI is InChI=1S/C15H11FN4O.ClH/c1-2-21-12-5-13(10-3-4-14(16)18-7-10)15-11(6-17)8-19-20(15)9-12;/h3-5,7-9H,2H2,1H3;1H. The molecule has 3 rings (SSSR count). The molecular formula is C15H12ClFN4O. The minimum absolute atomic E-state index is 0. The Kier molecular flexibility index (Phi) is 4.59. The Morgan fingerprint density at radius 3 is 2.82 bits per heavy atom. The van der Waals surface area contributed by atoms with Crippen LogP contribution in [0.4, 0.5) is 4.39 Å². The molecule has 0 saturated heterocycles. The first-order chi connectivity index (χ1) is 10.2. The molecule has 0 saturated carbocycles. The molecule has 112 valence electrons. The second-order valence-electron chi connectivity index (χ2n) is 4.36. The lowest BCUT2D eigenvalue weighted by molar-refractivity contribution is 0.338. The van der Waals surface area contributed by atoms with Crippen molar-refractivity contribution in [2.75, 3.05) is 6.61 Å². The van der Waals surface area contributed by atoms with Crippen LogP contribution in [-0.4, -0.2) is 21.2 Å². The highest BCUT2D eigenvalue weighted by atomic mass is 35.5. The second-order valence-corrected chi connectivity index (χ2v) is 4.36. The number of nitrogens with zero attached hydrogens (tertiary/aromatic N) is 4. The number of rotatable bonds is 3.